The Morgan fingerprint density at radius 2 is 2.23 bits per heavy atom. The van der Waals surface area contributed by atoms with Crippen LogP contribution in [-0.4, -0.2) is 53.6 Å². The smallest absolute Gasteiger partial charge is 0.381 e. The van der Waals surface area contributed by atoms with E-state index in [0.29, 0.717) is 36.0 Å². The minimum absolute atomic E-state index is 0.0152. The largest absolute Gasteiger partial charge is 0.472 e. The number of halogens is 1. The summed E-state index contributed by atoms with van der Waals surface area (Å²) in [5.74, 6) is 4.70. The molecule has 3 N–H and O–H groups in total. The monoisotopic (exact) mass is 406 g/mol. The van der Waals surface area contributed by atoms with Gasteiger partial charge in [-0.2, -0.15) is 4.98 Å². The second-order valence-electron chi connectivity index (χ2n) is 6.72. The van der Waals surface area contributed by atoms with Crippen LogP contribution in [0.1, 0.15) is 16.7 Å². The van der Waals surface area contributed by atoms with Crippen molar-refractivity contribution in [1.29, 1.82) is 0 Å². The van der Waals surface area contributed by atoms with Gasteiger partial charge in [-0.05, 0) is 24.6 Å². The molecule has 0 saturated heterocycles. The van der Waals surface area contributed by atoms with Gasteiger partial charge in [-0.1, -0.05) is 12.0 Å². The van der Waals surface area contributed by atoms with Crippen molar-refractivity contribution < 1.29 is 14.3 Å². The number of carboxylic acid groups (broad SMARTS) is 1. The van der Waals surface area contributed by atoms with E-state index in [1.807, 2.05) is 29.9 Å². The Labute approximate surface area is 172 Å². The minimum atomic E-state index is -1.23. The van der Waals surface area contributed by atoms with Crippen molar-refractivity contribution in [3.63, 3.8) is 0 Å². The Balaban J connectivity index is 1.77. The van der Waals surface area contributed by atoms with Crippen LogP contribution in [0.15, 0.2) is 23.3 Å². The fourth-order valence-corrected chi connectivity index (χ4v) is 3.51. The van der Waals surface area contributed by atoms with E-state index in [2.05, 4.69) is 31.5 Å². The number of amidine groups is 1. The molecule has 0 bridgehead atoms. The molecule has 2 aliphatic heterocycles. The van der Waals surface area contributed by atoms with Gasteiger partial charge < -0.3 is 20.6 Å². The zero-order valence-corrected chi connectivity index (χ0v) is 16.5. The molecule has 4 rings (SSSR count). The lowest BCUT2D eigenvalue weighted by molar-refractivity contribution is -0.130. The van der Waals surface area contributed by atoms with Crippen LogP contribution in [0.25, 0.3) is 11.6 Å². The predicted octanol–water partition coefficient (Wildman–Crippen LogP) is 2.24. The molecule has 0 fully saturated rings. The molecule has 152 valence electrons. The number of nitrogens with zero attached hydrogens (tertiary/aromatic N) is 4. The lowest BCUT2D eigenvalue weighted by Gasteiger charge is -2.28. The van der Waals surface area contributed by atoms with Crippen LogP contribution >= 0.6 is 0 Å². The summed E-state index contributed by atoms with van der Waals surface area (Å²) in [4.78, 5) is 25.9. The quantitative estimate of drug-likeness (QED) is 0.669. The van der Waals surface area contributed by atoms with Crippen LogP contribution in [0.4, 0.5) is 21.8 Å². The number of aromatic nitrogens is 2. The molecule has 3 heterocycles. The number of fused-ring (bicyclic) bond motifs is 3. The number of aliphatic imine (C=N–C) groups is 1. The Morgan fingerprint density at radius 3 is 3.00 bits per heavy atom. The molecular weight excluding hydrogens is 387 g/mol. The maximum absolute atomic E-state index is 15.5. The Morgan fingerprint density at radius 1 is 1.40 bits per heavy atom. The van der Waals surface area contributed by atoms with E-state index in [9.17, 15) is 4.79 Å². The number of anilines is 3. The third kappa shape index (κ3) is 3.43. The highest BCUT2D eigenvalue weighted by molar-refractivity contribution is 6.36. The molecule has 0 aliphatic carbocycles. The van der Waals surface area contributed by atoms with E-state index >= 15 is 4.39 Å². The van der Waals surface area contributed by atoms with Crippen LogP contribution in [0.2, 0.25) is 0 Å². The summed E-state index contributed by atoms with van der Waals surface area (Å²) in [6, 6.07) is 3.42. The molecule has 0 spiro atoms. The molecule has 2 aliphatic rings. The highest BCUT2D eigenvalue weighted by Gasteiger charge is 2.32. The summed E-state index contributed by atoms with van der Waals surface area (Å²) >= 11 is 0. The molecule has 0 radical (unpaired) electrons. The minimum Gasteiger partial charge on any atom is -0.472 e. The molecule has 8 nitrogen and oxygen atoms in total. The zero-order valence-electron chi connectivity index (χ0n) is 16.5. The van der Waals surface area contributed by atoms with Crippen molar-refractivity contribution in [2.24, 2.45) is 4.99 Å². The fourth-order valence-electron chi connectivity index (χ4n) is 3.51. The summed E-state index contributed by atoms with van der Waals surface area (Å²) < 4.78 is 15.5. The first-order valence-corrected chi connectivity index (χ1v) is 9.33. The van der Waals surface area contributed by atoms with E-state index < -0.39 is 11.8 Å². The first-order valence-electron chi connectivity index (χ1n) is 9.33. The number of hydrogen-bond donors (Lipinski definition) is 3. The van der Waals surface area contributed by atoms with Crippen LogP contribution in [0.3, 0.4) is 0 Å². The standard InChI is InChI=1S/C21H19FN6O2/c1-12-5-6-15(24-7-3-4-16(29)30)18(22)17(12)14-10-13-11-26-21(23-2)27-19(13)28-9-8-25-20(14)28/h5-6,10-11,24H,7-9H2,1-2H3,(H,29,30)(H,23,26,27). The SMILES string of the molecule is CNc1ncc2c(n1)N1CCN=C1C(c1c(C)ccc(NCC#CC(=O)O)c1F)=C2. The Kier molecular flexibility index (Phi) is 5.06. The van der Waals surface area contributed by atoms with Crippen molar-refractivity contribution >= 4 is 40.9 Å². The maximum Gasteiger partial charge on any atom is 0.381 e. The molecular formula is C21H19FN6O2. The van der Waals surface area contributed by atoms with Crippen molar-refractivity contribution in [2.45, 2.75) is 6.92 Å². The van der Waals surface area contributed by atoms with Crippen molar-refractivity contribution in [2.75, 3.05) is 42.2 Å². The van der Waals surface area contributed by atoms with Crippen LogP contribution in [0.5, 0.6) is 0 Å². The highest BCUT2D eigenvalue weighted by Crippen LogP contribution is 2.38. The van der Waals surface area contributed by atoms with Gasteiger partial charge in [0.25, 0.3) is 0 Å². The number of aliphatic carboxylic acids is 1. The molecule has 0 amide bonds. The Bertz CT molecular complexity index is 1160. The van der Waals surface area contributed by atoms with Gasteiger partial charge >= 0.3 is 5.97 Å². The van der Waals surface area contributed by atoms with Crippen molar-refractivity contribution in [1.82, 2.24) is 9.97 Å². The number of nitrogens with one attached hydrogen (secondary N) is 2. The first kappa shape index (κ1) is 19.4. The summed E-state index contributed by atoms with van der Waals surface area (Å²) in [7, 11) is 1.75. The summed E-state index contributed by atoms with van der Waals surface area (Å²) in [5.41, 5.74) is 2.88. The Hall–Kier alpha value is -3.93. The topological polar surface area (TPSA) is 103 Å². The van der Waals surface area contributed by atoms with Gasteiger partial charge in [-0.25, -0.2) is 14.2 Å². The number of rotatable bonds is 4. The third-order valence-corrected chi connectivity index (χ3v) is 4.84. The fraction of sp³-hybridized carbons (Fsp3) is 0.238. The van der Waals surface area contributed by atoms with Gasteiger partial charge in [-0.3, -0.25) is 4.99 Å². The van der Waals surface area contributed by atoms with Crippen molar-refractivity contribution in [3.8, 4) is 11.8 Å². The predicted molar refractivity (Wildman–Crippen MR) is 114 cm³/mol. The average molecular weight is 406 g/mol. The second-order valence-corrected chi connectivity index (χ2v) is 6.72. The van der Waals surface area contributed by atoms with Gasteiger partial charge in [0.05, 0.1) is 18.8 Å². The number of hydrogen-bond acceptors (Lipinski definition) is 7. The molecule has 1 aromatic carbocycles. The van der Waals surface area contributed by atoms with Gasteiger partial charge in [0.15, 0.2) is 5.82 Å². The molecule has 1 aromatic heterocycles. The molecule has 9 heteroatoms. The lowest BCUT2D eigenvalue weighted by atomic mass is 9.94. The molecule has 0 atom stereocenters. The van der Waals surface area contributed by atoms with Gasteiger partial charge in [0.2, 0.25) is 5.95 Å². The van der Waals surface area contributed by atoms with Crippen LogP contribution in [0, 0.1) is 24.6 Å². The lowest BCUT2D eigenvalue weighted by Crippen LogP contribution is -2.33. The molecule has 0 saturated carbocycles. The normalized spacial score (nSPS) is 14.0. The number of carboxylic acids is 1. The second kappa shape index (κ2) is 7.83. The first-order chi connectivity index (χ1) is 14.5. The zero-order chi connectivity index (χ0) is 21.3. The number of carbonyl (C=O) groups is 1. The summed E-state index contributed by atoms with van der Waals surface area (Å²) in [5, 5.41) is 14.4. The summed E-state index contributed by atoms with van der Waals surface area (Å²) in [6.07, 6.45) is 3.56. The van der Waals surface area contributed by atoms with Gasteiger partial charge in [0.1, 0.15) is 11.7 Å². The van der Waals surface area contributed by atoms with Crippen LogP contribution in [-0.2, 0) is 4.79 Å². The number of aryl methyl sites for hydroxylation is 1. The average Bonchev–Trinajstić information content (AvgIpc) is 3.22. The van der Waals surface area contributed by atoms with E-state index in [0.717, 1.165) is 16.9 Å². The van der Waals surface area contributed by atoms with E-state index in [-0.39, 0.29) is 12.2 Å². The molecule has 2 aromatic rings. The van der Waals surface area contributed by atoms with Crippen LogP contribution < -0.4 is 15.5 Å². The third-order valence-electron chi connectivity index (χ3n) is 4.84. The maximum atomic E-state index is 15.5. The van der Waals surface area contributed by atoms with E-state index in [1.54, 1.807) is 19.3 Å². The van der Waals surface area contributed by atoms with E-state index in [4.69, 9.17) is 5.11 Å². The van der Waals surface area contributed by atoms with E-state index in [1.165, 1.54) is 0 Å². The highest BCUT2D eigenvalue weighted by atomic mass is 19.1. The number of benzene rings is 1. The molecule has 0 unspecified atom stereocenters. The van der Waals surface area contributed by atoms with Crippen molar-refractivity contribution in [3.05, 3.63) is 40.8 Å². The summed E-state index contributed by atoms with van der Waals surface area (Å²) in [6.45, 7) is 3.10. The van der Waals surface area contributed by atoms with Gasteiger partial charge in [-0.15, -0.1) is 0 Å². The molecule has 30 heavy (non-hydrogen) atoms. The van der Waals surface area contributed by atoms with Gasteiger partial charge in [0, 0.05) is 42.4 Å².